The number of imidazole rings is 1. The number of fused-ring (bicyclic) bond motifs is 4. The van der Waals surface area contributed by atoms with Crippen LogP contribution in [0.4, 0.5) is 0 Å². The summed E-state index contributed by atoms with van der Waals surface area (Å²) in [7, 11) is 0. The number of aryl methyl sites for hydroxylation is 2. The van der Waals surface area contributed by atoms with Gasteiger partial charge in [0.05, 0.1) is 17.4 Å². The highest BCUT2D eigenvalue weighted by molar-refractivity contribution is 5.97. The first-order valence-corrected chi connectivity index (χ1v) is 9.01. The molecule has 0 aliphatic heterocycles. The van der Waals surface area contributed by atoms with E-state index >= 15 is 0 Å². The largest absolute Gasteiger partial charge is 0.358 e. The number of carbonyl (C=O) groups is 1. The van der Waals surface area contributed by atoms with Gasteiger partial charge < -0.3 is 15.3 Å². The molecule has 2 aromatic heterocycles. The molecule has 1 unspecified atom stereocenters. The SMILES string of the molecule is Cc1ccc2[nH]c3c(c2c1)CCC(NC(=O)c1ccc2nc[nH]c2c1)C3. The van der Waals surface area contributed by atoms with Crippen LogP contribution in [0.5, 0.6) is 0 Å². The minimum atomic E-state index is -0.0260. The summed E-state index contributed by atoms with van der Waals surface area (Å²) in [6, 6.07) is 12.3. The second-order valence-corrected chi connectivity index (χ2v) is 7.18. The summed E-state index contributed by atoms with van der Waals surface area (Å²) in [5, 5.41) is 4.52. The molecule has 0 fully saturated rings. The predicted octanol–water partition coefficient (Wildman–Crippen LogP) is 3.64. The summed E-state index contributed by atoms with van der Waals surface area (Å²) >= 11 is 0. The van der Waals surface area contributed by atoms with Crippen LogP contribution >= 0.6 is 0 Å². The van der Waals surface area contributed by atoms with E-state index in [4.69, 9.17) is 0 Å². The highest BCUT2D eigenvalue weighted by Gasteiger charge is 2.24. The number of carbonyl (C=O) groups excluding carboxylic acids is 1. The molecule has 5 nitrogen and oxygen atoms in total. The van der Waals surface area contributed by atoms with Crippen LogP contribution in [0.3, 0.4) is 0 Å². The molecule has 26 heavy (non-hydrogen) atoms. The zero-order valence-corrected chi connectivity index (χ0v) is 14.6. The van der Waals surface area contributed by atoms with Gasteiger partial charge in [0.15, 0.2) is 0 Å². The maximum atomic E-state index is 12.7. The molecule has 0 bridgehead atoms. The van der Waals surface area contributed by atoms with Crippen LogP contribution in [0.1, 0.15) is 33.6 Å². The lowest BCUT2D eigenvalue weighted by molar-refractivity contribution is 0.0933. The van der Waals surface area contributed by atoms with E-state index in [1.54, 1.807) is 6.33 Å². The Hall–Kier alpha value is -3.08. The molecule has 5 rings (SSSR count). The van der Waals surface area contributed by atoms with Gasteiger partial charge in [0.2, 0.25) is 0 Å². The lowest BCUT2D eigenvalue weighted by Gasteiger charge is -2.23. The number of hydrogen-bond donors (Lipinski definition) is 3. The molecule has 3 N–H and O–H groups in total. The van der Waals surface area contributed by atoms with Gasteiger partial charge in [0.1, 0.15) is 0 Å². The summed E-state index contributed by atoms with van der Waals surface area (Å²) in [5.74, 6) is -0.0260. The summed E-state index contributed by atoms with van der Waals surface area (Å²) in [5.41, 5.74) is 7.56. The minimum Gasteiger partial charge on any atom is -0.358 e. The van der Waals surface area contributed by atoms with Crippen LogP contribution in [-0.4, -0.2) is 26.9 Å². The van der Waals surface area contributed by atoms with Crippen molar-refractivity contribution in [3.8, 4) is 0 Å². The van der Waals surface area contributed by atoms with E-state index in [1.807, 2.05) is 18.2 Å². The summed E-state index contributed by atoms with van der Waals surface area (Å²) in [6.07, 6.45) is 4.45. The number of benzene rings is 2. The first-order chi connectivity index (χ1) is 12.7. The van der Waals surface area contributed by atoms with Crippen molar-refractivity contribution in [3.05, 3.63) is 65.1 Å². The molecule has 2 heterocycles. The van der Waals surface area contributed by atoms with Gasteiger partial charge >= 0.3 is 0 Å². The fraction of sp³-hybridized carbons (Fsp3) is 0.238. The third-order valence-electron chi connectivity index (χ3n) is 5.36. The molecule has 1 amide bonds. The van der Waals surface area contributed by atoms with Crippen molar-refractivity contribution in [1.82, 2.24) is 20.3 Å². The molecular weight excluding hydrogens is 324 g/mol. The van der Waals surface area contributed by atoms with Gasteiger partial charge in [-0.05, 0) is 55.7 Å². The Morgan fingerprint density at radius 2 is 2.12 bits per heavy atom. The number of hydrogen-bond acceptors (Lipinski definition) is 2. The highest BCUT2D eigenvalue weighted by Crippen LogP contribution is 2.30. The fourth-order valence-electron chi connectivity index (χ4n) is 4.01. The summed E-state index contributed by atoms with van der Waals surface area (Å²) < 4.78 is 0. The Morgan fingerprint density at radius 1 is 1.19 bits per heavy atom. The molecule has 1 atom stereocenters. The monoisotopic (exact) mass is 344 g/mol. The van der Waals surface area contributed by atoms with E-state index in [9.17, 15) is 4.79 Å². The van der Waals surface area contributed by atoms with Gasteiger partial charge in [-0.25, -0.2) is 4.98 Å². The molecule has 0 saturated carbocycles. The van der Waals surface area contributed by atoms with Gasteiger partial charge in [-0.1, -0.05) is 11.6 Å². The smallest absolute Gasteiger partial charge is 0.251 e. The normalized spacial score (nSPS) is 16.7. The topological polar surface area (TPSA) is 73.6 Å². The molecule has 1 aliphatic rings. The van der Waals surface area contributed by atoms with Crippen molar-refractivity contribution in [2.24, 2.45) is 0 Å². The Labute approximate surface area is 150 Å². The minimum absolute atomic E-state index is 0.0260. The quantitative estimate of drug-likeness (QED) is 0.519. The van der Waals surface area contributed by atoms with Crippen molar-refractivity contribution >= 4 is 27.8 Å². The van der Waals surface area contributed by atoms with Gasteiger partial charge in [-0.15, -0.1) is 0 Å². The van der Waals surface area contributed by atoms with E-state index in [2.05, 4.69) is 45.4 Å². The summed E-state index contributed by atoms with van der Waals surface area (Å²) in [4.78, 5) is 23.4. The number of rotatable bonds is 2. The van der Waals surface area contributed by atoms with Gasteiger partial charge in [-0.3, -0.25) is 4.79 Å². The standard InChI is InChI=1S/C21H20N4O/c1-12-2-6-17-16(8-12)15-5-4-14(10-19(15)25-17)24-21(26)13-3-7-18-20(9-13)23-11-22-18/h2-3,6-9,11,14,25H,4-5,10H2,1H3,(H,22,23)(H,24,26). The van der Waals surface area contributed by atoms with Crippen LogP contribution < -0.4 is 5.32 Å². The number of nitrogens with zero attached hydrogens (tertiary/aromatic N) is 1. The first kappa shape index (κ1) is 15.2. The second-order valence-electron chi connectivity index (χ2n) is 7.18. The van der Waals surface area contributed by atoms with Crippen LogP contribution in [-0.2, 0) is 12.8 Å². The highest BCUT2D eigenvalue weighted by atomic mass is 16.1. The Kier molecular flexibility index (Phi) is 3.35. The van der Waals surface area contributed by atoms with E-state index in [1.165, 1.54) is 27.7 Å². The van der Waals surface area contributed by atoms with Crippen molar-refractivity contribution in [2.75, 3.05) is 0 Å². The number of nitrogens with one attached hydrogen (secondary N) is 3. The number of H-pyrrole nitrogens is 2. The molecule has 0 saturated heterocycles. The molecule has 5 heteroatoms. The van der Waals surface area contributed by atoms with E-state index in [0.29, 0.717) is 5.56 Å². The second kappa shape index (κ2) is 5.73. The third kappa shape index (κ3) is 2.47. The maximum Gasteiger partial charge on any atom is 0.251 e. The van der Waals surface area contributed by atoms with Crippen molar-refractivity contribution in [1.29, 1.82) is 0 Å². The van der Waals surface area contributed by atoms with Crippen LogP contribution in [0.2, 0.25) is 0 Å². The van der Waals surface area contributed by atoms with Crippen LogP contribution in [0, 0.1) is 6.92 Å². The molecule has 1 aliphatic carbocycles. The average molecular weight is 344 g/mol. The molecule has 0 radical (unpaired) electrons. The van der Waals surface area contributed by atoms with Crippen molar-refractivity contribution in [2.45, 2.75) is 32.2 Å². The number of amides is 1. The van der Waals surface area contributed by atoms with Gasteiger partial charge in [0, 0.05) is 34.6 Å². The predicted molar refractivity (Wildman–Crippen MR) is 102 cm³/mol. The lowest BCUT2D eigenvalue weighted by Crippen LogP contribution is -2.38. The van der Waals surface area contributed by atoms with E-state index in [0.717, 1.165) is 30.3 Å². The van der Waals surface area contributed by atoms with Crippen molar-refractivity contribution < 1.29 is 4.79 Å². The number of aromatic amines is 2. The maximum absolute atomic E-state index is 12.7. The molecule has 130 valence electrons. The fourth-order valence-corrected chi connectivity index (χ4v) is 4.01. The zero-order chi connectivity index (χ0) is 17.7. The first-order valence-electron chi connectivity index (χ1n) is 9.01. The zero-order valence-electron chi connectivity index (χ0n) is 14.6. The van der Waals surface area contributed by atoms with E-state index < -0.39 is 0 Å². The summed E-state index contributed by atoms with van der Waals surface area (Å²) in [6.45, 7) is 2.13. The van der Waals surface area contributed by atoms with Crippen LogP contribution in [0.15, 0.2) is 42.7 Å². The Balaban J connectivity index is 1.37. The van der Waals surface area contributed by atoms with E-state index in [-0.39, 0.29) is 11.9 Å². The lowest BCUT2D eigenvalue weighted by atomic mass is 9.91. The Morgan fingerprint density at radius 3 is 3.04 bits per heavy atom. The number of aromatic nitrogens is 3. The molecular formula is C21H20N4O. The van der Waals surface area contributed by atoms with Gasteiger partial charge in [0.25, 0.3) is 5.91 Å². The molecule has 4 aromatic rings. The van der Waals surface area contributed by atoms with Crippen molar-refractivity contribution in [3.63, 3.8) is 0 Å². The van der Waals surface area contributed by atoms with Crippen LogP contribution in [0.25, 0.3) is 21.9 Å². The van der Waals surface area contributed by atoms with Gasteiger partial charge in [-0.2, -0.15) is 0 Å². The Bertz CT molecular complexity index is 1140. The molecule has 0 spiro atoms. The third-order valence-corrected chi connectivity index (χ3v) is 5.36. The molecule has 2 aromatic carbocycles. The average Bonchev–Trinajstić information content (AvgIpc) is 3.24.